The number of nitriles is 1. The van der Waals surface area contributed by atoms with Crippen molar-refractivity contribution < 1.29 is 4.84 Å². The SMILES string of the molecule is N#CC=NOC1CN2CCCC1C2. The molecule has 0 aromatic heterocycles. The molecule has 0 saturated carbocycles. The molecule has 3 unspecified atom stereocenters. The van der Waals surface area contributed by atoms with Gasteiger partial charge in [0.1, 0.15) is 18.4 Å². The summed E-state index contributed by atoms with van der Waals surface area (Å²) in [6.07, 6.45) is 3.87. The van der Waals surface area contributed by atoms with Crippen molar-refractivity contribution in [3.05, 3.63) is 0 Å². The highest BCUT2D eigenvalue weighted by atomic mass is 16.6. The van der Waals surface area contributed by atoms with E-state index in [1.54, 1.807) is 0 Å². The van der Waals surface area contributed by atoms with Gasteiger partial charge in [-0.1, -0.05) is 5.16 Å². The molecule has 2 aliphatic heterocycles. The highest BCUT2D eigenvalue weighted by Gasteiger charge is 2.37. The standard InChI is InChI=1S/C9H13N3O/c10-3-4-11-13-9-7-12-5-1-2-8(9)6-12/h4,8-9H,1-2,5-7H2. The van der Waals surface area contributed by atoms with Crippen LogP contribution in [-0.2, 0) is 4.84 Å². The molecule has 0 spiro atoms. The first-order valence-electron chi connectivity index (χ1n) is 4.70. The lowest BCUT2D eigenvalue weighted by atomic mass is 9.99. The van der Waals surface area contributed by atoms with E-state index in [-0.39, 0.29) is 6.10 Å². The fraction of sp³-hybridized carbons (Fsp3) is 0.778. The number of rotatable bonds is 2. The number of hydrogen-bond acceptors (Lipinski definition) is 4. The summed E-state index contributed by atoms with van der Waals surface area (Å²) in [5.74, 6) is 0.629. The topological polar surface area (TPSA) is 48.6 Å². The molecular weight excluding hydrogens is 166 g/mol. The molecule has 2 fully saturated rings. The van der Waals surface area contributed by atoms with Crippen LogP contribution in [0.15, 0.2) is 5.16 Å². The third-order valence-electron chi connectivity index (χ3n) is 2.81. The molecule has 0 aromatic rings. The smallest absolute Gasteiger partial charge is 0.144 e. The van der Waals surface area contributed by atoms with Gasteiger partial charge in [0, 0.05) is 19.0 Å². The first-order chi connectivity index (χ1) is 6.40. The van der Waals surface area contributed by atoms with Crippen LogP contribution in [0.25, 0.3) is 0 Å². The molecule has 70 valence electrons. The van der Waals surface area contributed by atoms with Gasteiger partial charge in [-0.2, -0.15) is 5.26 Å². The van der Waals surface area contributed by atoms with Crippen molar-refractivity contribution in [1.82, 2.24) is 4.90 Å². The number of piperidine rings is 1. The molecule has 2 rings (SSSR count). The average molecular weight is 179 g/mol. The highest BCUT2D eigenvalue weighted by Crippen LogP contribution is 2.28. The fourth-order valence-corrected chi connectivity index (χ4v) is 2.22. The van der Waals surface area contributed by atoms with Crippen molar-refractivity contribution in [3.63, 3.8) is 0 Å². The normalized spacial score (nSPS) is 37.6. The summed E-state index contributed by atoms with van der Waals surface area (Å²) < 4.78 is 0. The lowest BCUT2D eigenvalue weighted by Crippen LogP contribution is -2.25. The molecule has 4 nitrogen and oxygen atoms in total. The first-order valence-corrected chi connectivity index (χ1v) is 4.70. The van der Waals surface area contributed by atoms with Crippen molar-refractivity contribution in [2.45, 2.75) is 18.9 Å². The molecule has 2 heterocycles. The quantitative estimate of drug-likeness (QED) is 0.461. The van der Waals surface area contributed by atoms with Crippen LogP contribution in [0.1, 0.15) is 12.8 Å². The van der Waals surface area contributed by atoms with Gasteiger partial charge in [0.15, 0.2) is 0 Å². The van der Waals surface area contributed by atoms with E-state index in [1.165, 1.54) is 19.4 Å². The van der Waals surface area contributed by atoms with Crippen LogP contribution in [0.3, 0.4) is 0 Å². The van der Waals surface area contributed by atoms with Gasteiger partial charge < -0.3 is 4.84 Å². The minimum Gasteiger partial charge on any atom is -0.390 e. The van der Waals surface area contributed by atoms with Gasteiger partial charge >= 0.3 is 0 Å². The average Bonchev–Trinajstić information content (AvgIpc) is 2.42. The zero-order valence-electron chi connectivity index (χ0n) is 7.52. The summed E-state index contributed by atoms with van der Waals surface area (Å²) in [7, 11) is 0. The Bertz CT molecular complexity index is 246. The van der Waals surface area contributed by atoms with Crippen LogP contribution in [0, 0.1) is 17.2 Å². The lowest BCUT2D eigenvalue weighted by molar-refractivity contribution is 0.0422. The van der Waals surface area contributed by atoms with Crippen LogP contribution in [-0.4, -0.2) is 36.9 Å². The maximum Gasteiger partial charge on any atom is 0.144 e. The minimum absolute atomic E-state index is 0.215. The number of fused-ring (bicyclic) bond motifs is 2. The van der Waals surface area contributed by atoms with E-state index in [0.717, 1.165) is 19.3 Å². The summed E-state index contributed by atoms with van der Waals surface area (Å²) >= 11 is 0. The molecular formula is C9H13N3O. The zero-order valence-corrected chi connectivity index (χ0v) is 7.52. The summed E-state index contributed by atoms with van der Waals surface area (Å²) in [5.41, 5.74) is 0. The summed E-state index contributed by atoms with van der Waals surface area (Å²) in [5, 5.41) is 11.9. The van der Waals surface area contributed by atoms with Crippen molar-refractivity contribution in [2.24, 2.45) is 11.1 Å². The maximum atomic E-state index is 8.24. The van der Waals surface area contributed by atoms with E-state index in [0.29, 0.717) is 5.92 Å². The van der Waals surface area contributed by atoms with Crippen molar-refractivity contribution in [2.75, 3.05) is 19.6 Å². The molecule has 0 N–H and O–H groups in total. The third-order valence-corrected chi connectivity index (χ3v) is 2.81. The fourth-order valence-electron chi connectivity index (χ4n) is 2.22. The summed E-state index contributed by atoms with van der Waals surface area (Å²) in [6, 6.07) is 1.82. The van der Waals surface area contributed by atoms with Crippen LogP contribution < -0.4 is 0 Å². The van der Waals surface area contributed by atoms with Crippen molar-refractivity contribution in [1.29, 1.82) is 5.26 Å². The van der Waals surface area contributed by atoms with Gasteiger partial charge in [-0.3, -0.25) is 4.90 Å². The van der Waals surface area contributed by atoms with Gasteiger partial charge in [0.25, 0.3) is 0 Å². The molecule has 3 atom stereocenters. The minimum atomic E-state index is 0.215. The molecule has 2 bridgehead atoms. The second-order valence-electron chi connectivity index (χ2n) is 3.67. The molecule has 2 saturated heterocycles. The summed E-state index contributed by atoms with van der Waals surface area (Å²) in [4.78, 5) is 7.67. The van der Waals surface area contributed by atoms with Crippen molar-refractivity contribution >= 4 is 6.21 Å². The van der Waals surface area contributed by atoms with E-state index in [4.69, 9.17) is 10.1 Å². The van der Waals surface area contributed by atoms with E-state index >= 15 is 0 Å². The maximum absolute atomic E-state index is 8.24. The van der Waals surface area contributed by atoms with Gasteiger partial charge in [-0.25, -0.2) is 0 Å². The molecule has 0 aliphatic carbocycles. The highest BCUT2D eigenvalue weighted by molar-refractivity contribution is 5.74. The lowest BCUT2D eigenvalue weighted by Gasteiger charge is -2.20. The van der Waals surface area contributed by atoms with E-state index in [9.17, 15) is 0 Å². The van der Waals surface area contributed by atoms with E-state index in [1.807, 2.05) is 6.07 Å². The monoisotopic (exact) mass is 179 g/mol. The molecule has 0 radical (unpaired) electrons. The Morgan fingerprint density at radius 2 is 2.46 bits per heavy atom. The largest absolute Gasteiger partial charge is 0.390 e. The van der Waals surface area contributed by atoms with Gasteiger partial charge in [-0.05, 0) is 19.4 Å². The van der Waals surface area contributed by atoms with E-state index < -0.39 is 0 Å². The Kier molecular flexibility index (Phi) is 2.46. The molecule has 2 aliphatic rings. The molecule has 0 amide bonds. The Labute approximate surface area is 77.8 Å². The van der Waals surface area contributed by atoms with Crippen LogP contribution in [0.4, 0.5) is 0 Å². The molecule has 0 aromatic carbocycles. The van der Waals surface area contributed by atoms with Crippen molar-refractivity contribution in [3.8, 4) is 6.07 Å². The Balaban J connectivity index is 1.87. The second kappa shape index (κ2) is 3.75. The predicted octanol–water partition coefficient (Wildman–Crippen LogP) is 0.607. The second-order valence-corrected chi connectivity index (χ2v) is 3.67. The van der Waals surface area contributed by atoms with Gasteiger partial charge in [0.2, 0.25) is 0 Å². The number of oxime groups is 1. The summed E-state index contributed by atoms with van der Waals surface area (Å²) in [6.45, 7) is 3.32. The molecule has 4 heteroatoms. The van der Waals surface area contributed by atoms with Gasteiger partial charge in [0.05, 0.1) is 0 Å². The third kappa shape index (κ3) is 1.81. The zero-order chi connectivity index (χ0) is 9.10. The predicted molar refractivity (Wildman–Crippen MR) is 48.1 cm³/mol. The molecule has 13 heavy (non-hydrogen) atoms. The Morgan fingerprint density at radius 3 is 3.23 bits per heavy atom. The van der Waals surface area contributed by atoms with E-state index in [2.05, 4.69) is 10.1 Å². The van der Waals surface area contributed by atoms with Crippen LogP contribution >= 0.6 is 0 Å². The van der Waals surface area contributed by atoms with Gasteiger partial charge in [-0.15, -0.1) is 0 Å². The van der Waals surface area contributed by atoms with Crippen LogP contribution in [0.2, 0.25) is 0 Å². The Hall–Kier alpha value is -1.08. The number of nitrogens with zero attached hydrogens (tertiary/aromatic N) is 3. The first kappa shape index (κ1) is 8.52. The van der Waals surface area contributed by atoms with Crippen LogP contribution in [0.5, 0.6) is 0 Å². The number of hydrogen-bond donors (Lipinski definition) is 0. The Morgan fingerprint density at radius 1 is 1.54 bits per heavy atom.